The second-order valence-corrected chi connectivity index (χ2v) is 9.45. The molecule has 0 spiro atoms. The lowest BCUT2D eigenvalue weighted by atomic mass is 9.83. The van der Waals surface area contributed by atoms with Crippen LogP contribution in [-0.2, 0) is 19.1 Å². The maximum absolute atomic E-state index is 13.0. The first-order chi connectivity index (χ1) is 18.1. The summed E-state index contributed by atoms with van der Waals surface area (Å²) in [6, 6.07) is 13.5. The van der Waals surface area contributed by atoms with E-state index in [9.17, 15) is 20.1 Å². The molecule has 0 fully saturated rings. The van der Waals surface area contributed by atoms with Gasteiger partial charge >= 0.3 is 5.97 Å². The predicted molar refractivity (Wildman–Crippen MR) is 144 cm³/mol. The van der Waals surface area contributed by atoms with Crippen molar-refractivity contribution in [2.75, 3.05) is 26.5 Å². The molecule has 0 saturated carbocycles. The summed E-state index contributed by atoms with van der Waals surface area (Å²) in [4.78, 5) is 28.5. The number of hydrogen-bond donors (Lipinski definition) is 1. The lowest BCUT2D eigenvalue weighted by Crippen LogP contribution is -2.27. The van der Waals surface area contributed by atoms with E-state index in [1.54, 1.807) is 21.0 Å². The molecule has 9 nitrogen and oxygen atoms in total. The van der Waals surface area contributed by atoms with Crippen molar-refractivity contribution in [1.82, 2.24) is 9.88 Å². The molecular weight excluding hydrogens is 502 g/mol. The van der Waals surface area contributed by atoms with Crippen molar-refractivity contribution in [2.45, 2.75) is 38.6 Å². The normalized spacial score (nSPS) is 14.4. The first kappa shape index (κ1) is 29.9. The van der Waals surface area contributed by atoms with Crippen molar-refractivity contribution in [2.24, 2.45) is 5.73 Å². The Kier molecular flexibility index (Phi) is 10.9. The van der Waals surface area contributed by atoms with Crippen molar-refractivity contribution in [3.8, 4) is 12.1 Å². The summed E-state index contributed by atoms with van der Waals surface area (Å²) in [5.41, 5.74) is 10.3. The second kappa shape index (κ2) is 13.9. The molecule has 1 aliphatic heterocycles. The largest absolute Gasteiger partial charge is 0.463 e. The van der Waals surface area contributed by atoms with E-state index in [-0.39, 0.29) is 35.1 Å². The molecule has 1 aliphatic rings. The standard InChI is InChI=1S/C25H24N4O3S.C3H7NO/c1-5-31-25(30)22-20(13-33-24-18(11-26)15(3)14(2)16(4)29-24)32-23(28)19(12-27)21(22)17-9-7-6-8-10-17;1-4(2)3-5/h6-10,21H,5,13,28H2,1-4H3;3H,1-2H3. The van der Waals surface area contributed by atoms with Crippen LogP contribution in [0.3, 0.4) is 0 Å². The smallest absolute Gasteiger partial charge is 0.338 e. The highest BCUT2D eigenvalue weighted by molar-refractivity contribution is 7.99. The Bertz CT molecular complexity index is 1340. The van der Waals surface area contributed by atoms with Gasteiger partial charge < -0.3 is 20.1 Å². The van der Waals surface area contributed by atoms with E-state index < -0.39 is 11.9 Å². The van der Waals surface area contributed by atoms with Crippen LogP contribution in [0.25, 0.3) is 0 Å². The topological polar surface area (TPSA) is 142 Å². The van der Waals surface area contributed by atoms with Crippen LogP contribution in [0.5, 0.6) is 0 Å². The predicted octanol–water partition coefficient (Wildman–Crippen LogP) is 4.00. The molecule has 0 radical (unpaired) electrons. The molecule has 0 aliphatic carbocycles. The van der Waals surface area contributed by atoms with Crippen molar-refractivity contribution in [3.05, 3.63) is 81.1 Å². The molecule has 10 heteroatoms. The Morgan fingerprint density at radius 3 is 2.34 bits per heavy atom. The van der Waals surface area contributed by atoms with Crippen LogP contribution in [0, 0.1) is 43.4 Å². The number of nitrogens with two attached hydrogens (primary N) is 1. The maximum atomic E-state index is 13.0. The number of nitrogens with zero attached hydrogens (tertiary/aromatic N) is 4. The number of esters is 1. The van der Waals surface area contributed by atoms with Crippen LogP contribution >= 0.6 is 11.8 Å². The van der Waals surface area contributed by atoms with E-state index >= 15 is 0 Å². The van der Waals surface area contributed by atoms with Gasteiger partial charge in [0, 0.05) is 19.8 Å². The molecule has 1 amide bonds. The average molecular weight is 534 g/mol. The van der Waals surface area contributed by atoms with E-state index in [2.05, 4.69) is 17.1 Å². The minimum atomic E-state index is -0.718. The Hall–Kier alpha value is -4.28. The third kappa shape index (κ3) is 6.93. The fraction of sp³-hybridized carbons (Fsp3) is 0.321. The van der Waals surface area contributed by atoms with Gasteiger partial charge in [-0.15, -0.1) is 0 Å². The van der Waals surface area contributed by atoms with Crippen molar-refractivity contribution in [3.63, 3.8) is 0 Å². The van der Waals surface area contributed by atoms with Gasteiger partial charge in [-0.3, -0.25) is 4.79 Å². The zero-order chi connectivity index (χ0) is 28.4. The van der Waals surface area contributed by atoms with Gasteiger partial charge in [0.05, 0.1) is 29.4 Å². The number of carbonyl (C=O) groups excluding carboxylic acids is 2. The number of pyridine rings is 1. The number of ether oxygens (including phenoxy) is 2. The van der Waals surface area contributed by atoms with E-state index in [1.165, 1.54) is 16.7 Å². The summed E-state index contributed by atoms with van der Waals surface area (Å²) in [7, 11) is 3.38. The fourth-order valence-corrected chi connectivity index (χ4v) is 4.64. The summed E-state index contributed by atoms with van der Waals surface area (Å²) >= 11 is 1.28. The lowest BCUT2D eigenvalue weighted by Gasteiger charge is -2.28. The molecule has 38 heavy (non-hydrogen) atoms. The minimum Gasteiger partial charge on any atom is -0.463 e. The van der Waals surface area contributed by atoms with Crippen LogP contribution in [0.15, 0.2) is 58.1 Å². The van der Waals surface area contributed by atoms with Crippen LogP contribution in [0.4, 0.5) is 0 Å². The molecule has 1 aromatic heterocycles. The first-order valence-corrected chi connectivity index (χ1v) is 12.7. The van der Waals surface area contributed by atoms with Crippen molar-refractivity contribution >= 4 is 24.1 Å². The second-order valence-electron chi connectivity index (χ2n) is 8.49. The SMILES string of the molecule is CCOC(=O)C1=C(CSc2nc(C)c(C)c(C)c2C#N)OC(N)=C(C#N)C1c1ccccc1.CN(C)C=O. The Labute approximate surface area is 227 Å². The average Bonchev–Trinajstić information content (AvgIpc) is 2.91. The number of nitriles is 2. The highest BCUT2D eigenvalue weighted by atomic mass is 32.2. The number of rotatable bonds is 7. The summed E-state index contributed by atoms with van der Waals surface area (Å²) < 4.78 is 11.1. The number of hydrogen-bond acceptors (Lipinski definition) is 9. The number of amides is 1. The third-order valence-electron chi connectivity index (χ3n) is 5.75. The van der Waals surface area contributed by atoms with Crippen molar-refractivity contribution < 1.29 is 19.1 Å². The van der Waals surface area contributed by atoms with E-state index in [0.29, 0.717) is 10.6 Å². The third-order valence-corrected chi connectivity index (χ3v) is 6.73. The lowest BCUT2D eigenvalue weighted by molar-refractivity contribution is -0.139. The van der Waals surface area contributed by atoms with Crippen molar-refractivity contribution in [1.29, 1.82) is 10.5 Å². The molecule has 2 N–H and O–H groups in total. The van der Waals surface area contributed by atoms with Crippen LogP contribution < -0.4 is 5.73 Å². The van der Waals surface area contributed by atoms with Gasteiger partial charge in [-0.25, -0.2) is 9.78 Å². The molecular formula is C28H31N5O4S. The highest BCUT2D eigenvalue weighted by Gasteiger charge is 2.37. The van der Waals surface area contributed by atoms with Gasteiger partial charge in [0.15, 0.2) is 0 Å². The van der Waals surface area contributed by atoms with Gasteiger partial charge in [-0.2, -0.15) is 10.5 Å². The Morgan fingerprint density at radius 2 is 1.82 bits per heavy atom. The molecule has 1 aromatic carbocycles. The highest BCUT2D eigenvalue weighted by Crippen LogP contribution is 2.41. The van der Waals surface area contributed by atoms with E-state index in [1.807, 2.05) is 51.1 Å². The van der Waals surface area contributed by atoms with E-state index in [4.69, 9.17) is 15.2 Å². The first-order valence-electron chi connectivity index (χ1n) is 11.8. The fourth-order valence-electron chi connectivity index (χ4n) is 3.62. The number of allylic oxidation sites excluding steroid dienone is 1. The molecule has 2 heterocycles. The van der Waals surface area contributed by atoms with Gasteiger partial charge in [-0.05, 0) is 44.4 Å². The Balaban J connectivity index is 0.000000926. The summed E-state index contributed by atoms with van der Waals surface area (Å²) in [6.45, 7) is 7.59. The molecule has 2 aromatic rings. The molecule has 1 atom stereocenters. The minimum absolute atomic E-state index is 0.0558. The number of thioether (sulfide) groups is 1. The van der Waals surface area contributed by atoms with Gasteiger partial charge in [0.25, 0.3) is 0 Å². The molecule has 0 saturated heterocycles. The van der Waals surface area contributed by atoms with Gasteiger partial charge in [0.1, 0.15) is 28.5 Å². The monoisotopic (exact) mass is 533 g/mol. The summed E-state index contributed by atoms with van der Waals surface area (Å²) in [5, 5.41) is 20.0. The number of aryl methyl sites for hydroxylation is 1. The van der Waals surface area contributed by atoms with Crippen LogP contribution in [0.2, 0.25) is 0 Å². The zero-order valence-electron chi connectivity index (χ0n) is 22.4. The van der Waals surface area contributed by atoms with E-state index in [0.717, 1.165) is 28.8 Å². The van der Waals surface area contributed by atoms with Crippen LogP contribution in [0.1, 0.15) is 40.8 Å². The maximum Gasteiger partial charge on any atom is 0.338 e. The zero-order valence-corrected chi connectivity index (χ0v) is 23.2. The number of benzene rings is 1. The summed E-state index contributed by atoms with van der Waals surface area (Å²) in [6.07, 6.45) is 0.750. The number of carbonyl (C=O) groups is 2. The van der Waals surface area contributed by atoms with Gasteiger partial charge in [-0.1, -0.05) is 42.1 Å². The van der Waals surface area contributed by atoms with Gasteiger partial charge in [0.2, 0.25) is 12.3 Å². The van der Waals surface area contributed by atoms with Crippen LogP contribution in [-0.4, -0.2) is 48.7 Å². The Morgan fingerprint density at radius 1 is 1.18 bits per heavy atom. The molecule has 3 rings (SSSR count). The summed E-state index contributed by atoms with van der Waals surface area (Å²) in [5.74, 6) is -0.887. The molecule has 198 valence electrons. The molecule has 1 unspecified atom stereocenters. The molecule has 0 bridgehead atoms. The number of aromatic nitrogens is 1. The quantitative estimate of drug-likeness (QED) is 0.317.